The molecule has 48 valence electrons. The summed E-state index contributed by atoms with van der Waals surface area (Å²) in [5, 5.41) is 0. The maximum atomic E-state index is 2.41. The summed E-state index contributed by atoms with van der Waals surface area (Å²) in [6.07, 6.45) is 4.08. The molecule has 0 aromatic rings. The zero-order chi connectivity index (χ0) is 6.83. The van der Waals surface area contributed by atoms with Crippen molar-refractivity contribution >= 4 is 50.3 Å². The van der Waals surface area contributed by atoms with E-state index in [1.807, 2.05) is 0 Å². The summed E-state index contributed by atoms with van der Waals surface area (Å²) in [6, 6.07) is 0. The quantitative estimate of drug-likeness (QED) is 0.528. The van der Waals surface area contributed by atoms with E-state index in [1.54, 1.807) is 0 Å². The third-order valence-corrected chi connectivity index (χ3v) is 0.707. The minimum Gasteiger partial charge on any atom is -0.276 e. The van der Waals surface area contributed by atoms with Crippen molar-refractivity contribution in [2.75, 3.05) is 0 Å². The molecule has 0 saturated carbocycles. The lowest BCUT2D eigenvalue weighted by Crippen LogP contribution is -1.59. The molecule has 0 N–H and O–H groups in total. The first-order chi connectivity index (χ1) is 3.83. The number of unbranched alkanes of at least 4 members (excludes halogenated alkanes) is 2. The standard InChI is InChI=1S/C5H12.2HI.Mg/c1-3-5-4-2;;;/h3-5H2,1-2H3;2*1H;/q;;;+2/p-2. The van der Waals surface area contributed by atoms with Gasteiger partial charge in [0.05, 0.1) is 0 Å². The molecule has 0 saturated heterocycles. The minimum absolute atomic E-state index is 0.357. The second kappa shape index (κ2) is 16.1. The Hall–Kier alpha value is 2.23. The zero-order valence-electron chi connectivity index (χ0n) is 5.58. The van der Waals surface area contributed by atoms with Gasteiger partial charge < -0.3 is 0 Å². The molecule has 0 bridgehead atoms. The lowest BCUT2D eigenvalue weighted by molar-refractivity contribution is 0.772. The fourth-order valence-electron chi connectivity index (χ4n) is 0.354. The summed E-state index contributed by atoms with van der Waals surface area (Å²) in [7, 11) is 0. The Kier molecular flexibility index (Phi) is 25.9. The van der Waals surface area contributed by atoms with Gasteiger partial charge in [-0.3, -0.25) is 37.7 Å². The van der Waals surface area contributed by atoms with Gasteiger partial charge in [0.25, 0.3) is 0 Å². The van der Waals surface area contributed by atoms with Gasteiger partial charge in [0.15, 0.2) is 0 Å². The van der Waals surface area contributed by atoms with Gasteiger partial charge in [0, 0.05) is 0 Å². The van der Waals surface area contributed by atoms with Gasteiger partial charge in [0.2, 0.25) is 0 Å². The van der Waals surface area contributed by atoms with Crippen LogP contribution in [0.4, 0.5) is 0 Å². The van der Waals surface area contributed by atoms with Gasteiger partial charge in [-0.05, 0) is 0 Å². The summed E-state index contributed by atoms with van der Waals surface area (Å²) >= 11 is 5.18. The van der Waals surface area contributed by atoms with E-state index in [-0.39, 0.29) is 0 Å². The van der Waals surface area contributed by atoms with E-state index in [1.165, 1.54) is 19.3 Å². The SMILES string of the molecule is CCCCC.[I][Mg][I]. The second-order valence-electron chi connectivity index (χ2n) is 1.45. The van der Waals surface area contributed by atoms with E-state index in [4.69, 9.17) is 0 Å². The lowest BCUT2D eigenvalue weighted by Gasteiger charge is -1.79. The number of hydrogen-bond donors (Lipinski definition) is 0. The van der Waals surface area contributed by atoms with Crippen molar-refractivity contribution in [2.24, 2.45) is 0 Å². The third-order valence-electron chi connectivity index (χ3n) is 0.707. The molecule has 0 unspecified atom stereocenters. The van der Waals surface area contributed by atoms with Crippen molar-refractivity contribution in [2.45, 2.75) is 33.1 Å². The van der Waals surface area contributed by atoms with Crippen molar-refractivity contribution in [3.63, 3.8) is 0 Å². The van der Waals surface area contributed by atoms with Crippen LogP contribution < -0.4 is 0 Å². The molecule has 0 spiro atoms. The molecule has 0 heterocycles. The highest BCUT2D eigenvalue weighted by atomic mass is 127. The first kappa shape index (κ1) is 12.9. The summed E-state index contributed by atoms with van der Waals surface area (Å²) in [4.78, 5) is 0. The van der Waals surface area contributed by atoms with E-state index in [9.17, 15) is 0 Å². The predicted molar refractivity (Wildman–Crippen MR) is 59.0 cm³/mol. The van der Waals surface area contributed by atoms with Crippen LogP contribution in [0.3, 0.4) is 0 Å². The van der Waals surface area contributed by atoms with Crippen molar-refractivity contribution in [1.29, 1.82) is 0 Å². The molecule has 0 amide bonds. The Balaban J connectivity index is 0. The smallest absolute Gasteiger partial charge is 0.276 e. The summed E-state index contributed by atoms with van der Waals surface area (Å²) < 4.78 is 0. The largest absolute Gasteiger partial charge is 0.552 e. The van der Waals surface area contributed by atoms with Crippen LogP contribution in [0.5, 0.6) is 0 Å². The zero-order valence-corrected chi connectivity index (χ0v) is 11.3. The third kappa shape index (κ3) is 24.1. The van der Waals surface area contributed by atoms with Crippen molar-refractivity contribution in [1.82, 2.24) is 0 Å². The van der Waals surface area contributed by atoms with E-state index >= 15 is 0 Å². The molecule has 0 fully saturated rings. The number of halogens is 2. The van der Waals surface area contributed by atoms with Crippen LogP contribution >= 0.6 is 37.7 Å². The van der Waals surface area contributed by atoms with Crippen molar-refractivity contribution in [3.05, 3.63) is 0 Å². The molecule has 3 heteroatoms. The fraction of sp³-hybridized carbons (Fsp3) is 1.00. The fourth-order valence-corrected chi connectivity index (χ4v) is 0.354. The molecular weight excluding hydrogens is 338 g/mol. The number of hydrogen-bond acceptors (Lipinski definition) is 0. The normalized spacial score (nSPS) is 6.50. The Bertz CT molecular complexity index is 24.4. The first-order valence-corrected chi connectivity index (χ1v) is 13.2. The Morgan fingerprint density at radius 3 is 1.38 bits per heavy atom. The van der Waals surface area contributed by atoms with E-state index in [0.717, 1.165) is 0 Å². The first-order valence-electron chi connectivity index (χ1n) is 2.95. The Labute approximate surface area is 82.1 Å². The van der Waals surface area contributed by atoms with Crippen LogP contribution in [0.2, 0.25) is 0 Å². The van der Waals surface area contributed by atoms with E-state index in [2.05, 4.69) is 51.5 Å². The maximum absolute atomic E-state index is 2.41. The van der Waals surface area contributed by atoms with Crippen LogP contribution in [-0.4, -0.2) is 12.6 Å². The topological polar surface area (TPSA) is 0 Å². The van der Waals surface area contributed by atoms with Gasteiger partial charge in [0.1, 0.15) is 0 Å². The van der Waals surface area contributed by atoms with E-state index in [0.29, 0.717) is 12.6 Å². The molecule has 0 aliphatic heterocycles. The minimum atomic E-state index is 0.357. The highest BCUT2D eigenvalue weighted by Gasteiger charge is 1.68. The summed E-state index contributed by atoms with van der Waals surface area (Å²) in [6.45, 7) is 4.42. The molecule has 0 radical (unpaired) electrons. The molecule has 0 aromatic carbocycles. The number of rotatable bonds is 2. The summed E-state index contributed by atoms with van der Waals surface area (Å²) in [5.74, 6) is 0. The van der Waals surface area contributed by atoms with Gasteiger partial charge in [-0.2, -0.15) is 0 Å². The van der Waals surface area contributed by atoms with Gasteiger partial charge in [-0.25, -0.2) is 0 Å². The molecule has 0 aliphatic carbocycles. The van der Waals surface area contributed by atoms with Gasteiger partial charge in [-0.1, -0.05) is 33.1 Å². The van der Waals surface area contributed by atoms with Crippen LogP contribution in [0, 0.1) is 0 Å². The average Bonchev–Trinajstić information content (AvgIpc) is 1.71. The van der Waals surface area contributed by atoms with Crippen LogP contribution in [-0.2, 0) is 0 Å². The lowest BCUT2D eigenvalue weighted by atomic mass is 10.3. The van der Waals surface area contributed by atoms with Crippen LogP contribution in [0.1, 0.15) is 33.1 Å². The van der Waals surface area contributed by atoms with Crippen LogP contribution in [0.25, 0.3) is 0 Å². The molecule has 0 nitrogen and oxygen atoms in total. The Morgan fingerprint density at radius 1 is 1.12 bits per heavy atom. The molecule has 0 rings (SSSR count). The average molecular weight is 350 g/mol. The second-order valence-corrected chi connectivity index (χ2v) is 15.0. The molecule has 8 heavy (non-hydrogen) atoms. The molecular formula is C5H12I2Mg. The van der Waals surface area contributed by atoms with Gasteiger partial charge in [-0.15, -0.1) is 0 Å². The maximum Gasteiger partial charge on any atom is 0.552 e. The summed E-state index contributed by atoms with van der Waals surface area (Å²) in [5.41, 5.74) is 0. The predicted octanol–water partition coefficient (Wildman–Crippen LogP) is 3.59. The Morgan fingerprint density at radius 2 is 1.38 bits per heavy atom. The van der Waals surface area contributed by atoms with Crippen molar-refractivity contribution < 1.29 is 0 Å². The molecule has 0 aliphatic rings. The molecule has 0 atom stereocenters. The van der Waals surface area contributed by atoms with E-state index < -0.39 is 0 Å². The highest BCUT2D eigenvalue weighted by Crippen LogP contribution is 1.88. The molecule has 0 aromatic heterocycles. The monoisotopic (exact) mass is 350 g/mol. The van der Waals surface area contributed by atoms with Gasteiger partial charge >= 0.3 is 12.6 Å². The van der Waals surface area contributed by atoms with Crippen molar-refractivity contribution in [3.8, 4) is 0 Å². The highest BCUT2D eigenvalue weighted by molar-refractivity contribution is 14.3. The van der Waals surface area contributed by atoms with Crippen LogP contribution in [0.15, 0.2) is 0 Å².